The van der Waals surface area contributed by atoms with Crippen LogP contribution in [0.25, 0.3) is 11.3 Å². The van der Waals surface area contributed by atoms with Gasteiger partial charge in [-0.05, 0) is 36.8 Å². The van der Waals surface area contributed by atoms with Crippen molar-refractivity contribution in [3.63, 3.8) is 0 Å². The Kier molecular flexibility index (Phi) is 5.94. The molecule has 0 saturated heterocycles. The third-order valence-electron chi connectivity index (χ3n) is 3.51. The van der Waals surface area contributed by atoms with E-state index in [9.17, 15) is 14.4 Å². The van der Waals surface area contributed by atoms with Gasteiger partial charge in [0.05, 0.1) is 12.3 Å². The fourth-order valence-electron chi connectivity index (χ4n) is 2.28. The number of hydrogen-bond acceptors (Lipinski definition) is 4. The van der Waals surface area contributed by atoms with Crippen LogP contribution in [-0.4, -0.2) is 42.9 Å². The van der Waals surface area contributed by atoms with Gasteiger partial charge in [0.2, 0.25) is 6.41 Å². The molecular weight excluding hydrogens is 322 g/mol. The Balaban J connectivity index is 2.53. The molecule has 1 heterocycles. The molecular formula is C18H21N3O4. The smallest absolute Gasteiger partial charge is 0.272 e. The lowest BCUT2D eigenvalue weighted by atomic mass is 10.0. The van der Waals surface area contributed by atoms with Crippen molar-refractivity contribution in [3.8, 4) is 17.0 Å². The number of aromatic nitrogens is 1. The maximum Gasteiger partial charge on any atom is 0.272 e. The number of carbonyl (C=O) groups excluding carboxylic acids is 2. The summed E-state index contributed by atoms with van der Waals surface area (Å²) < 4.78 is 5.73. The number of rotatable bonds is 7. The van der Waals surface area contributed by atoms with Crippen LogP contribution >= 0.6 is 0 Å². The number of carbonyl (C=O) groups is 2. The fourth-order valence-corrected chi connectivity index (χ4v) is 2.28. The lowest BCUT2D eigenvalue weighted by molar-refractivity contribution is -0.105. The average molecular weight is 343 g/mol. The number of aromatic amines is 1. The molecule has 0 unspecified atom stereocenters. The van der Waals surface area contributed by atoms with Crippen LogP contribution < -0.4 is 15.6 Å². The highest BCUT2D eigenvalue weighted by atomic mass is 16.5. The summed E-state index contributed by atoms with van der Waals surface area (Å²) in [6.45, 7) is 2.51. The van der Waals surface area contributed by atoms with Crippen LogP contribution in [0.15, 0.2) is 35.1 Å². The first-order valence-electron chi connectivity index (χ1n) is 7.90. The van der Waals surface area contributed by atoms with Crippen LogP contribution in [0.4, 0.5) is 5.69 Å². The zero-order valence-electron chi connectivity index (χ0n) is 14.5. The quantitative estimate of drug-likeness (QED) is 0.753. The first kappa shape index (κ1) is 18.3. The standard InChI is InChI=1S/C18H21N3O4/c1-4-9-25-16-8-5-12(18(24)21(2)3)10-13(16)14-6-7-15(19-11-22)17(23)20-14/h5-8,10-11H,4,9H2,1-3H3,(H,19,22)(H,20,23). The van der Waals surface area contributed by atoms with E-state index < -0.39 is 5.56 Å². The molecule has 0 atom stereocenters. The minimum atomic E-state index is -0.435. The first-order chi connectivity index (χ1) is 12.0. The van der Waals surface area contributed by atoms with Gasteiger partial charge in [0.1, 0.15) is 11.4 Å². The van der Waals surface area contributed by atoms with Crippen molar-refractivity contribution < 1.29 is 14.3 Å². The predicted molar refractivity (Wildman–Crippen MR) is 96.0 cm³/mol. The van der Waals surface area contributed by atoms with Gasteiger partial charge in [-0.2, -0.15) is 0 Å². The van der Waals surface area contributed by atoms with E-state index in [4.69, 9.17) is 4.74 Å². The van der Waals surface area contributed by atoms with Crippen molar-refractivity contribution in [2.24, 2.45) is 0 Å². The fraction of sp³-hybridized carbons (Fsp3) is 0.278. The summed E-state index contributed by atoms with van der Waals surface area (Å²) in [7, 11) is 3.34. The third-order valence-corrected chi connectivity index (χ3v) is 3.51. The van der Waals surface area contributed by atoms with Gasteiger partial charge in [-0.25, -0.2) is 0 Å². The molecule has 0 bridgehead atoms. The minimum Gasteiger partial charge on any atom is -0.493 e. The highest BCUT2D eigenvalue weighted by Gasteiger charge is 2.14. The summed E-state index contributed by atoms with van der Waals surface area (Å²) in [6, 6.07) is 8.26. The molecule has 0 saturated carbocycles. The van der Waals surface area contributed by atoms with Gasteiger partial charge >= 0.3 is 0 Å². The monoisotopic (exact) mass is 343 g/mol. The molecule has 7 heteroatoms. The first-order valence-corrected chi connectivity index (χ1v) is 7.90. The molecule has 0 fully saturated rings. The van der Waals surface area contributed by atoms with Crippen molar-refractivity contribution in [2.75, 3.05) is 26.0 Å². The van der Waals surface area contributed by atoms with Crippen molar-refractivity contribution in [3.05, 3.63) is 46.2 Å². The number of H-pyrrole nitrogens is 1. The van der Waals surface area contributed by atoms with Crippen LogP contribution in [0.3, 0.4) is 0 Å². The Hall–Kier alpha value is -3.09. The highest BCUT2D eigenvalue weighted by Crippen LogP contribution is 2.30. The molecule has 0 spiro atoms. The Morgan fingerprint density at radius 3 is 2.64 bits per heavy atom. The second-order valence-corrected chi connectivity index (χ2v) is 5.64. The Morgan fingerprint density at radius 1 is 1.28 bits per heavy atom. The number of hydrogen-bond donors (Lipinski definition) is 2. The number of ether oxygens (including phenoxy) is 1. The minimum absolute atomic E-state index is 0.148. The zero-order chi connectivity index (χ0) is 18.4. The lowest BCUT2D eigenvalue weighted by Gasteiger charge is -2.15. The van der Waals surface area contributed by atoms with Crippen LogP contribution in [-0.2, 0) is 4.79 Å². The number of anilines is 1. The Morgan fingerprint density at radius 2 is 2.04 bits per heavy atom. The molecule has 2 rings (SSSR count). The second-order valence-electron chi connectivity index (χ2n) is 5.64. The topological polar surface area (TPSA) is 91.5 Å². The summed E-state index contributed by atoms with van der Waals surface area (Å²) in [6.07, 6.45) is 1.27. The summed E-state index contributed by atoms with van der Waals surface area (Å²) in [5.74, 6) is 0.425. The van der Waals surface area contributed by atoms with Gasteiger partial charge < -0.3 is 19.9 Å². The van der Waals surface area contributed by atoms with Crippen LogP contribution in [0.2, 0.25) is 0 Å². The molecule has 7 nitrogen and oxygen atoms in total. The number of amides is 2. The van der Waals surface area contributed by atoms with E-state index in [2.05, 4.69) is 10.3 Å². The molecule has 2 aromatic rings. The Labute approximate surface area is 145 Å². The molecule has 2 N–H and O–H groups in total. The molecule has 25 heavy (non-hydrogen) atoms. The van der Waals surface area contributed by atoms with Crippen LogP contribution in [0.5, 0.6) is 5.75 Å². The largest absolute Gasteiger partial charge is 0.493 e. The summed E-state index contributed by atoms with van der Waals surface area (Å²) in [4.78, 5) is 39.0. The maximum atomic E-state index is 12.2. The molecule has 0 aliphatic rings. The highest BCUT2D eigenvalue weighted by molar-refractivity contribution is 5.95. The molecule has 1 aromatic heterocycles. The van der Waals surface area contributed by atoms with Crippen molar-refractivity contribution in [2.45, 2.75) is 13.3 Å². The Bertz CT molecular complexity index is 827. The van der Waals surface area contributed by atoms with E-state index in [1.165, 1.54) is 11.0 Å². The van der Waals surface area contributed by atoms with E-state index in [0.717, 1.165) is 6.42 Å². The molecule has 1 aromatic carbocycles. The van der Waals surface area contributed by atoms with E-state index in [1.54, 1.807) is 38.4 Å². The summed E-state index contributed by atoms with van der Waals surface area (Å²) in [5, 5.41) is 2.33. The number of pyridine rings is 1. The predicted octanol–water partition coefficient (Wildman–Crippen LogP) is 2.10. The van der Waals surface area contributed by atoms with Gasteiger partial charge in [-0.3, -0.25) is 14.4 Å². The van der Waals surface area contributed by atoms with Crippen LogP contribution in [0.1, 0.15) is 23.7 Å². The van der Waals surface area contributed by atoms with E-state index in [-0.39, 0.29) is 11.6 Å². The molecule has 0 aliphatic carbocycles. The van der Waals surface area contributed by atoms with E-state index in [1.807, 2.05) is 6.92 Å². The van der Waals surface area contributed by atoms with Gasteiger partial charge in [-0.15, -0.1) is 0 Å². The van der Waals surface area contributed by atoms with Gasteiger partial charge in [0.25, 0.3) is 11.5 Å². The van der Waals surface area contributed by atoms with Gasteiger partial charge in [0, 0.05) is 25.2 Å². The summed E-state index contributed by atoms with van der Waals surface area (Å²) >= 11 is 0. The number of nitrogens with zero attached hydrogens (tertiary/aromatic N) is 1. The van der Waals surface area contributed by atoms with Crippen LogP contribution in [0, 0.1) is 0 Å². The normalized spacial score (nSPS) is 10.2. The average Bonchev–Trinajstić information content (AvgIpc) is 2.61. The second kappa shape index (κ2) is 8.14. The van der Waals surface area contributed by atoms with Crippen molar-refractivity contribution in [1.82, 2.24) is 9.88 Å². The zero-order valence-corrected chi connectivity index (χ0v) is 14.5. The molecule has 2 amide bonds. The van der Waals surface area contributed by atoms with E-state index in [0.29, 0.717) is 35.6 Å². The SMILES string of the molecule is CCCOc1ccc(C(=O)N(C)C)cc1-c1ccc(NC=O)c(=O)[nH]1. The molecule has 132 valence electrons. The van der Waals surface area contributed by atoms with Crippen molar-refractivity contribution >= 4 is 18.0 Å². The third kappa shape index (κ3) is 4.26. The maximum absolute atomic E-state index is 12.2. The lowest BCUT2D eigenvalue weighted by Crippen LogP contribution is -2.21. The number of nitrogens with one attached hydrogen (secondary N) is 2. The number of benzene rings is 1. The molecule has 0 aliphatic heterocycles. The van der Waals surface area contributed by atoms with E-state index >= 15 is 0 Å². The van der Waals surface area contributed by atoms with Gasteiger partial charge in [-0.1, -0.05) is 6.92 Å². The van der Waals surface area contributed by atoms with Crippen molar-refractivity contribution in [1.29, 1.82) is 0 Å². The molecule has 0 radical (unpaired) electrons. The summed E-state index contributed by atoms with van der Waals surface area (Å²) in [5.41, 5.74) is 1.31. The van der Waals surface area contributed by atoms with Gasteiger partial charge in [0.15, 0.2) is 0 Å².